The number of aryl methyl sites for hydroxylation is 1. The van der Waals surface area contributed by atoms with Gasteiger partial charge in [0.1, 0.15) is 5.82 Å². The lowest BCUT2D eigenvalue weighted by Crippen LogP contribution is -2.13. The van der Waals surface area contributed by atoms with Gasteiger partial charge in [0.05, 0.1) is 11.3 Å². The van der Waals surface area contributed by atoms with E-state index in [1.54, 1.807) is 23.6 Å². The van der Waals surface area contributed by atoms with Crippen LogP contribution in [-0.4, -0.2) is 5.91 Å². The summed E-state index contributed by atoms with van der Waals surface area (Å²) in [4.78, 5) is 13.0. The van der Waals surface area contributed by atoms with Gasteiger partial charge in [-0.2, -0.15) is 0 Å². The summed E-state index contributed by atoms with van der Waals surface area (Å²) in [5.74, 6) is -0.692. The van der Waals surface area contributed by atoms with Gasteiger partial charge in [0.2, 0.25) is 0 Å². The van der Waals surface area contributed by atoms with E-state index in [1.807, 2.05) is 13.8 Å². The smallest absolute Gasteiger partial charge is 0.256 e. The molecule has 1 aromatic heterocycles. The van der Waals surface area contributed by atoms with Crippen molar-refractivity contribution in [1.29, 1.82) is 0 Å². The molecule has 2 aromatic rings. The average Bonchev–Trinajstić information content (AvgIpc) is 2.63. The highest BCUT2D eigenvalue weighted by molar-refractivity contribution is 7.10. The van der Waals surface area contributed by atoms with Crippen molar-refractivity contribution >= 4 is 22.9 Å². The number of thiophene rings is 1. The van der Waals surface area contributed by atoms with Crippen molar-refractivity contribution in [3.05, 3.63) is 51.5 Å². The number of halogens is 1. The number of para-hydroxylation sites is 1. The zero-order valence-electron chi connectivity index (χ0n) is 9.58. The molecule has 1 aromatic carbocycles. The Morgan fingerprint density at radius 2 is 2.00 bits per heavy atom. The number of hydrogen-bond donors (Lipinski definition) is 1. The van der Waals surface area contributed by atoms with Gasteiger partial charge >= 0.3 is 0 Å². The summed E-state index contributed by atoms with van der Waals surface area (Å²) in [6.45, 7) is 3.85. The minimum absolute atomic E-state index is 0.209. The second-order valence-electron chi connectivity index (χ2n) is 3.76. The molecule has 1 N–H and O–H groups in total. The van der Waals surface area contributed by atoms with Crippen LogP contribution >= 0.6 is 11.3 Å². The van der Waals surface area contributed by atoms with Crippen LogP contribution in [0.15, 0.2) is 29.6 Å². The Morgan fingerprint density at radius 3 is 2.59 bits per heavy atom. The third kappa shape index (κ3) is 2.36. The number of rotatable bonds is 2. The Balaban J connectivity index is 2.23. The highest BCUT2D eigenvalue weighted by Gasteiger charge is 2.13. The summed E-state index contributed by atoms with van der Waals surface area (Å²) >= 11 is 1.52. The molecule has 0 spiro atoms. The zero-order valence-corrected chi connectivity index (χ0v) is 10.4. The molecule has 2 nitrogen and oxygen atoms in total. The van der Waals surface area contributed by atoms with E-state index in [1.165, 1.54) is 17.4 Å². The van der Waals surface area contributed by atoms with Crippen molar-refractivity contribution in [2.75, 3.05) is 5.32 Å². The summed E-state index contributed by atoms with van der Waals surface area (Å²) in [7, 11) is 0. The van der Waals surface area contributed by atoms with Crippen LogP contribution < -0.4 is 5.32 Å². The predicted molar refractivity (Wildman–Crippen MR) is 68.1 cm³/mol. The third-order valence-electron chi connectivity index (χ3n) is 2.65. The maximum atomic E-state index is 13.4. The van der Waals surface area contributed by atoms with Crippen LogP contribution in [-0.2, 0) is 0 Å². The fourth-order valence-electron chi connectivity index (χ4n) is 1.49. The standard InChI is InChI=1S/C13H12FNOS/c1-8-9(2)17-7-10(8)13(16)15-12-6-4-3-5-11(12)14/h3-7H,1-2H3,(H,15,16). The first kappa shape index (κ1) is 11.8. The molecule has 1 amide bonds. The fourth-order valence-corrected chi connectivity index (χ4v) is 2.35. The van der Waals surface area contributed by atoms with E-state index in [-0.39, 0.29) is 11.6 Å². The largest absolute Gasteiger partial charge is 0.319 e. The lowest BCUT2D eigenvalue weighted by Gasteiger charge is -2.05. The van der Waals surface area contributed by atoms with E-state index in [4.69, 9.17) is 0 Å². The van der Waals surface area contributed by atoms with Crippen molar-refractivity contribution in [1.82, 2.24) is 0 Å². The molecule has 0 aliphatic rings. The molecule has 2 rings (SSSR count). The number of carbonyl (C=O) groups is 1. The Kier molecular flexibility index (Phi) is 3.24. The van der Waals surface area contributed by atoms with Crippen molar-refractivity contribution in [3.63, 3.8) is 0 Å². The van der Waals surface area contributed by atoms with E-state index in [2.05, 4.69) is 5.32 Å². The van der Waals surface area contributed by atoms with Gasteiger partial charge in [0.15, 0.2) is 0 Å². The molecule has 0 aliphatic heterocycles. The Bertz CT molecular complexity index is 562. The Labute approximate surface area is 103 Å². The van der Waals surface area contributed by atoms with E-state index in [0.29, 0.717) is 5.56 Å². The SMILES string of the molecule is Cc1scc(C(=O)Nc2ccccc2F)c1C. The summed E-state index contributed by atoms with van der Waals surface area (Å²) in [6.07, 6.45) is 0. The lowest BCUT2D eigenvalue weighted by molar-refractivity contribution is 0.102. The molecule has 0 saturated heterocycles. The molecular weight excluding hydrogens is 237 g/mol. The first-order chi connectivity index (χ1) is 8.09. The minimum atomic E-state index is -0.426. The summed E-state index contributed by atoms with van der Waals surface area (Å²) < 4.78 is 13.4. The number of benzene rings is 1. The monoisotopic (exact) mass is 249 g/mol. The highest BCUT2D eigenvalue weighted by atomic mass is 32.1. The quantitative estimate of drug-likeness (QED) is 0.862. The molecule has 88 valence electrons. The molecule has 0 saturated carbocycles. The molecule has 0 fully saturated rings. The van der Waals surface area contributed by atoms with Gasteiger partial charge in [-0.1, -0.05) is 12.1 Å². The van der Waals surface area contributed by atoms with Crippen LogP contribution in [0.25, 0.3) is 0 Å². The molecule has 0 bridgehead atoms. The summed E-state index contributed by atoms with van der Waals surface area (Å²) in [6, 6.07) is 6.14. The van der Waals surface area contributed by atoms with Crippen molar-refractivity contribution < 1.29 is 9.18 Å². The van der Waals surface area contributed by atoms with Crippen LogP contribution in [0.2, 0.25) is 0 Å². The van der Waals surface area contributed by atoms with Crippen LogP contribution in [0.3, 0.4) is 0 Å². The molecule has 0 unspecified atom stereocenters. The molecule has 0 radical (unpaired) electrons. The maximum Gasteiger partial charge on any atom is 0.256 e. The molecular formula is C13H12FNOS. The van der Waals surface area contributed by atoms with Gasteiger partial charge in [0.25, 0.3) is 5.91 Å². The Morgan fingerprint density at radius 1 is 1.29 bits per heavy atom. The molecule has 1 heterocycles. The van der Waals surface area contributed by atoms with Crippen molar-refractivity contribution in [3.8, 4) is 0 Å². The predicted octanol–water partition coefficient (Wildman–Crippen LogP) is 3.76. The molecule has 17 heavy (non-hydrogen) atoms. The first-order valence-corrected chi connectivity index (χ1v) is 6.08. The van der Waals surface area contributed by atoms with Gasteiger partial charge in [0, 0.05) is 10.3 Å². The minimum Gasteiger partial charge on any atom is -0.319 e. The zero-order chi connectivity index (χ0) is 12.4. The van der Waals surface area contributed by atoms with Crippen LogP contribution in [0.4, 0.5) is 10.1 Å². The number of anilines is 1. The second kappa shape index (κ2) is 4.67. The highest BCUT2D eigenvalue weighted by Crippen LogP contribution is 2.22. The molecule has 0 atom stereocenters. The van der Waals surface area contributed by atoms with Crippen molar-refractivity contribution in [2.45, 2.75) is 13.8 Å². The Hall–Kier alpha value is -1.68. The average molecular weight is 249 g/mol. The lowest BCUT2D eigenvalue weighted by atomic mass is 10.1. The van der Waals surface area contributed by atoms with Crippen LogP contribution in [0.1, 0.15) is 20.8 Å². The van der Waals surface area contributed by atoms with Gasteiger partial charge in [-0.15, -0.1) is 11.3 Å². The normalized spacial score (nSPS) is 10.3. The van der Waals surface area contributed by atoms with E-state index < -0.39 is 5.82 Å². The van der Waals surface area contributed by atoms with Gasteiger partial charge in [-0.25, -0.2) is 4.39 Å². The second-order valence-corrected chi connectivity index (χ2v) is 4.85. The number of nitrogens with one attached hydrogen (secondary N) is 1. The first-order valence-electron chi connectivity index (χ1n) is 5.20. The third-order valence-corrected chi connectivity index (χ3v) is 3.67. The molecule has 0 aliphatic carbocycles. The van der Waals surface area contributed by atoms with Crippen molar-refractivity contribution in [2.24, 2.45) is 0 Å². The summed E-state index contributed by atoms with van der Waals surface area (Å²) in [5, 5.41) is 4.37. The summed E-state index contributed by atoms with van der Waals surface area (Å²) in [5.41, 5.74) is 1.76. The van der Waals surface area contributed by atoms with Gasteiger partial charge < -0.3 is 5.32 Å². The number of carbonyl (C=O) groups excluding carboxylic acids is 1. The molecule has 4 heteroatoms. The number of amides is 1. The van der Waals surface area contributed by atoms with Crippen LogP contribution in [0, 0.1) is 19.7 Å². The number of hydrogen-bond acceptors (Lipinski definition) is 2. The van der Waals surface area contributed by atoms with E-state index >= 15 is 0 Å². The van der Waals surface area contributed by atoms with Gasteiger partial charge in [-0.05, 0) is 31.5 Å². The maximum absolute atomic E-state index is 13.4. The topological polar surface area (TPSA) is 29.1 Å². The van der Waals surface area contributed by atoms with Gasteiger partial charge in [-0.3, -0.25) is 4.79 Å². The fraction of sp³-hybridized carbons (Fsp3) is 0.154. The van der Waals surface area contributed by atoms with E-state index in [0.717, 1.165) is 10.4 Å². The van der Waals surface area contributed by atoms with Crippen LogP contribution in [0.5, 0.6) is 0 Å². The van der Waals surface area contributed by atoms with E-state index in [9.17, 15) is 9.18 Å².